The molecule has 2 aromatic rings. The number of nitrogens with one attached hydrogen (secondary N) is 2. The van der Waals surface area contributed by atoms with Crippen molar-refractivity contribution >= 4 is 17.5 Å². The summed E-state index contributed by atoms with van der Waals surface area (Å²) in [5.41, 5.74) is 2.30. The van der Waals surface area contributed by atoms with Crippen molar-refractivity contribution in [2.24, 2.45) is 0 Å². The lowest BCUT2D eigenvalue weighted by molar-refractivity contribution is 0.0948. The van der Waals surface area contributed by atoms with Gasteiger partial charge in [-0.25, -0.2) is 4.98 Å². The van der Waals surface area contributed by atoms with Gasteiger partial charge in [-0.05, 0) is 36.6 Å². The second-order valence-electron chi connectivity index (χ2n) is 5.48. The minimum Gasteiger partial charge on any atom is -0.351 e. The Morgan fingerprint density at radius 1 is 0.958 bits per heavy atom. The van der Waals surface area contributed by atoms with Crippen LogP contribution in [0.3, 0.4) is 0 Å². The number of aryl methyl sites for hydroxylation is 1. The molecule has 2 amide bonds. The van der Waals surface area contributed by atoms with Crippen molar-refractivity contribution in [3.63, 3.8) is 0 Å². The molecule has 0 radical (unpaired) electrons. The molecule has 0 unspecified atom stereocenters. The number of aromatic nitrogens is 1. The molecule has 0 aliphatic heterocycles. The monoisotopic (exact) mass is 325 g/mol. The third kappa shape index (κ3) is 4.65. The van der Waals surface area contributed by atoms with Crippen LogP contribution in [0, 0.1) is 0 Å². The van der Waals surface area contributed by atoms with Gasteiger partial charge in [0.2, 0.25) is 0 Å². The molecular weight excluding hydrogens is 302 g/mol. The maximum Gasteiger partial charge on any atom is 0.274 e. The predicted octanol–water partition coefficient (Wildman–Crippen LogP) is 3.43. The summed E-state index contributed by atoms with van der Waals surface area (Å²) in [5.74, 6) is -0.578. The highest BCUT2D eigenvalue weighted by Crippen LogP contribution is 2.16. The maximum atomic E-state index is 12.4. The molecule has 0 saturated carbocycles. The summed E-state index contributed by atoms with van der Waals surface area (Å²) >= 11 is 0. The summed E-state index contributed by atoms with van der Waals surface area (Å²) < 4.78 is 0. The van der Waals surface area contributed by atoms with E-state index in [0.717, 1.165) is 30.5 Å². The van der Waals surface area contributed by atoms with E-state index in [1.165, 1.54) is 0 Å². The van der Waals surface area contributed by atoms with Crippen LogP contribution in [0.1, 0.15) is 53.2 Å². The number of rotatable bonds is 7. The van der Waals surface area contributed by atoms with E-state index in [1.807, 2.05) is 31.2 Å². The number of nitrogens with zero attached hydrogens (tertiary/aromatic N) is 1. The average molecular weight is 325 g/mol. The number of carbonyl (C=O) groups is 2. The highest BCUT2D eigenvalue weighted by atomic mass is 16.2. The zero-order valence-electron chi connectivity index (χ0n) is 14.1. The Morgan fingerprint density at radius 3 is 2.38 bits per heavy atom. The summed E-state index contributed by atoms with van der Waals surface area (Å²) in [5, 5.41) is 5.66. The number of para-hydroxylation sites is 1. The fourth-order valence-electron chi connectivity index (χ4n) is 2.29. The molecule has 0 aliphatic carbocycles. The average Bonchev–Trinajstić information content (AvgIpc) is 2.62. The van der Waals surface area contributed by atoms with Crippen molar-refractivity contribution in [1.82, 2.24) is 10.3 Å². The van der Waals surface area contributed by atoms with Gasteiger partial charge in [-0.2, -0.15) is 0 Å². The van der Waals surface area contributed by atoms with E-state index in [-0.39, 0.29) is 23.2 Å². The molecule has 0 fully saturated rings. The van der Waals surface area contributed by atoms with E-state index in [9.17, 15) is 9.59 Å². The Morgan fingerprint density at radius 2 is 1.67 bits per heavy atom. The number of benzene rings is 1. The van der Waals surface area contributed by atoms with Crippen LogP contribution in [-0.4, -0.2) is 23.3 Å². The molecule has 0 saturated heterocycles. The molecule has 0 bridgehead atoms. The summed E-state index contributed by atoms with van der Waals surface area (Å²) in [7, 11) is 0. The molecule has 1 heterocycles. The SMILES string of the molecule is CCCCNC(=O)c1cccc(C(=O)Nc2ccccc2CC)n1. The summed E-state index contributed by atoms with van der Waals surface area (Å²) in [6.45, 7) is 4.70. The fourth-order valence-corrected chi connectivity index (χ4v) is 2.29. The molecule has 24 heavy (non-hydrogen) atoms. The van der Waals surface area contributed by atoms with E-state index < -0.39 is 0 Å². The number of carbonyl (C=O) groups excluding carboxylic acids is 2. The van der Waals surface area contributed by atoms with Crippen LogP contribution in [0.25, 0.3) is 0 Å². The third-order valence-corrected chi connectivity index (χ3v) is 3.68. The van der Waals surface area contributed by atoms with Crippen LogP contribution in [-0.2, 0) is 6.42 Å². The lowest BCUT2D eigenvalue weighted by Gasteiger charge is -2.10. The first kappa shape index (κ1) is 17.7. The van der Waals surface area contributed by atoms with Gasteiger partial charge in [-0.1, -0.05) is 44.5 Å². The van der Waals surface area contributed by atoms with Crippen LogP contribution in [0.5, 0.6) is 0 Å². The Bertz CT molecular complexity index is 713. The first-order valence-corrected chi connectivity index (χ1v) is 8.30. The summed E-state index contributed by atoms with van der Waals surface area (Å²) in [6.07, 6.45) is 2.75. The summed E-state index contributed by atoms with van der Waals surface area (Å²) in [6, 6.07) is 12.5. The molecule has 5 heteroatoms. The van der Waals surface area contributed by atoms with E-state index in [4.69, 9.17) is 0 Å². The number of pyridine rings is 1. The van der Waals surface area contributed by atoms with Gasteiger partial charge in [0.25, 0.3) is 11.8 Å². The van der Waals surface area contributed by atoms with Crippen molar-refractivity contribution in [2.75, 3.05) is 11.9 Å². The fraction of sp³-hybridized carbons (Fsp3) is 0.316. The van der Waals surface area contributed by atoms with Crippen LogP contribution in [0.15, 0.2) is 42.5 Å². The van der Waals surface area contributed by atoms with E-state index >= 15 is 0 Å². The first-order chi connectivity index (χ1) is 11.7. The molecular formula is C19H23N3O2. The summed E-state index contributed by atoms with van der Waals surface area (Å²) in [4.78, 5) is 28.6. The van der Waals surface area contributed by atoms with Crippen LogP contribution in [0.2, 0.25) is 0 Å². The second-order valence-corrected chi connectivity index (χ2v) is 5.48. The van der Waals surface area contributed by atoms with Crippen LogP contribution in [0.4, 0.5) is 5.69 Å². The number of hydrogen-bond donors (Lipinski definition) is 2. The standard InChI is InChI=1S/C19H23N3O2/c1-3-5-13-20-18(23)16-11-8-12-17(21-16)19(24)22-15-10-7-6-9-14(15)4-2/h6-12H,3-5,13H2,1-2H3,(H,20,23)(H,22,24). The van der Waals surface area contributed by atoms with E-state index in [2.05, 4.69) is 22.5 Å². The minimum atomic E-state index is -0.320. The maximum absolute atomic E-state index is 12.4. The van der Waals surface area contributed by atoms with Gasteiger partial charge in [-0.3, -0.25) is 9.59 Å². The largest absolute Gasteiger partial charge is 0.351 e. The molecule has 5 nitrogen and oxygen atoms in total. The highest BCUT2D eigenvalue weighted by Gasteiger charge is 2.13. The van der Waals surface area contributed by atoms with Crippen molar-refractivity contribution in [1.29, 1.82) is 0 Å². The van der Waals surface area contributed by atoms with Gasteiger partial charge < -0.3 is 10.6 Å². The van der Waals surface area contributed by atoms with Gasteiger partial charge in [-0.15, -0.1) is 0 Å². The molecule has 2 N–H and O–H groups in total. The molecule has 0 atom stereocenters. The van der Waals surface area contributed by atoms with Crippen LogP contribution >= 0.6 is 0 Å². The third-order valence-electron chi connectivity index (χ3n) is 3.68. The highest BCUT2D eigenvalue weighted by molar-refractivity contribution is 6.04. The topological polar surface area (TPSA) is 71.1 Å². The Hall–Kier alpha value is -2.69. The van der Waals surface area contributed by atoms with Gasteiger partial charge in [0.05, 0.1) is 0 Å². The molecule has 1 aromatic carbocycles. The van der Waals surface area contributed by atoms with Crippen molar-refractivity contribution < 1.29 is 9.59 Å². The zero-order valence-corrected chi connectivity index (χ0v) is 14.1. The quantitative estimate of drug-likeness (QED) is 0.766. The lowest BCUT2D eigenvalue weighted by atomic mass is 10.1. The van der Waals surface area contributed by atoms with E-state index in [0.29, 0.717) is 6.54 Å². The minimum absolute atomic E-state index is 0.226. The first-order valence-electron chi connectivity index (χ1n) is 8.30. The molecule has 0 spiro atoms. The van der Waals surface area contributed by atoms with Gasteiger partial charge in [0, 0.05) is 12.2 Å². The van der Waals surface area contributed by atoms with Gasteiger partial charge >= 0.3 is 0 Å². The van der Waals surface area contributed by atoms with Gasteiger partial charge in [0.15, 0.2) is 0 Å². The molecule has 1 aromatic heterocycles. The molecule has 0 aliphatic rings. The smallest absolute Gasteiger partial charge is 0.274 e. The number of amides is 2. The van der Waals surface area contributed by atoms with E-state index in [1.54, 1.807) is 18.2 Å². The molecule has 2 rings (SSSR count). The van der Waals surface area contributed by atoms with Crippen molar-refractivity contribution in [3.8, 4) is 0 Å². The van der Waals surface area contributed by atoms with Crippen molar-refractivity contribution in [2.45, 2.75) is 33.1 Å². The lowest BCUT2D eigenvalue weighted by Crippen LogP contribution is -2.26. The number of anilines is 1. The zero-order chi connectivity index (χ0) is 17.4. The second kappa shape index (κ2) is 8.82. The normalized spacial score (nSPS) is 10.2. The van der Waals surface area contributed by atoms with Gasteiger partial charge in [0.1, 0.15) is 11.4 Å². The number of hydrogen-bond acceptors (Lipinski definition) is 3. The Balaban J connectivity index is 2.10. The molecule has 126 valence electrons. The predicted molar refractivity (Wildman–Crippen MR) is 95.3 cm³/mol. The van der Waals surface area contributed by atoms with Crippen molar-refractivity contribution in [3.05, 3.63) is 59.4 Å². The van der Waals surface area contributed by atoms with Crippen LogP contribution < -0.4 is 10.6 Å². The Kier molecular flexibility index (Phi) is 6.49. The number of unbranched alkanes of at least 4 members (excludes halogenated alkanes) is 1. The Labute approximate surface area is 142 Å².